The molecule has 4 nitrogen and oxygen atoms in total. The first-order valence-electron chi connectivity index (χ1n) is 5.87. The van der Waals surface area contributed by atoms with E-state index in [-0.39, 0.29) is 30.7 Å². The fraction of sp³-hybridized carbons (Fsp3) is 0.583. The molecule has 110 valence electrons. The van der Waals surface area contributed by atoms with Crippen molar-refractivity contribution in [3.63, 3.8) is 0 Å². The minimum absolute atomic E-state index is 0. The van der Waals surface area contributed by atoms with E-state index < -0.39 is 0 Å². The lowest BCUT2D eigenvalue weighted by molar-refractivity contribution is 0.444. The molecule has 1 aromatic heterocycles. The summed E-state index contributed by atoms with van der Waals surface area (Å²) in [5, 5.41) is 3.83. The van der Waals surface area contributed by atoms with E-state index in [4.69, 9.17) is 11.6 Å². The number of hydrogen-bond donors (Lipinski definition) is 1. The lowest BCUT2D eigenvalue weighted by atomic mass is 10.4. The predicted octanol–water partition coefficient (Wildman–Crippen LogP) is 2.66. The molecule has 0 aromatic carbocycles. The summed E-state index contributed by atoms with van der Waals surface area (Å²) < 4.78 is 14.0. The molecular weight excluding hydrogens is 382 g/mol. The van der Waals surface area contributed by atoms with Gasteiger partial charge < -0.3 is 14.8 Å². The van der Waals surface area contributed by atoms with Crippen LogP contribution in [0.2, 0.25) is 5.02 Å². The Morgan fingerprint density at radius 3 is 2.74 bits per heavy atom. The highest BCUT2D eigenvalue weighted by Gasteiger charge is 2.09. The molecule has 0 spiro atoms. The van der Waals surface area contributed by atoms with Crippen LogP contribution in [0.5, 0.6) is 0 Å². The SMILES string of the molecule is CN=C(NCCCF)N(C)Cc1cc(Cl)cn1C.I. The van der Waals surface area contributed by atoms with Crippen molar-refractivity contribution in [2.45, 2.75) is 13.0 Å². The van der Waals surface area contributed by atoms with Crippen LogP contribution in [0.1, 0.15) is 12.1 Å². The second kappa shape index (κ2) is 9.41. The van der Waals surface area contributed by atoms with Crippen molar-refractivity contribution in [1.82, 2.24) is 14.8 Å². The Hall–Kier alpha value is -0.500. The van der Waals surface area contributed by atoms with Gasteiger partial charge in [-0.25, -0.2) is 0 Å². The summed E-state index contributed by atoms with van der Waals surface area (Å²) in [5.74, 6) is 0.751. The van der Waals surface area contributed by atoms with Crippen molar-refractivity contribution in [1.29, 1.82) is 0 Å². The number of alkyl halides is 1. The average molecular weight is 403 g/mol. The van der Waals surface area contributed by atoms with Crippen LogP contribution in [-0.4, -0.2) is 42.7 Å². The van der Waals surface area contributed by atoms with Gasteiger partial charge in [-0.05, 0) is 12.5 Å². The largest absolute Gasteiger partial charge is 0.356 e. The van der Waals surface area contributed by atoms with Gasteiger partial charge in [-0.1, -0.05) is 11.6 Å². The van der Waals surface area contributed by atoms with Gasteiger partial charge in [-0.15, -0.1) is 24.0 Å². The second-order valence-electron chi connectivity index (χ2n) is 4.13. The summed E-state index contributed by atoms with van der Waals surface area (Å²) in [6.45, 7) is 0.959. The molecule has 7 heteroatoms. The molecular formula is C12H21ClFIN4. The Morgan fingerprint density at radius 1 is 1.58 bits per heavy atom. The first-order chi connectivity index (χ1) is 8.58. The normalized spacial score (nSPS) is 11.1. The third kappa shape index (κ3) is 5.99. The molecule has 0 fully saturated rings. The highest BCUT2D eigenvalue weighted by atomic mass is 127. The van der Waals surface area contributed by atoms with E-state index in [0.717, 1.165) is 16.7 Å². The minimum Gasteiger partial charge on any atom is -0.356 e. The molecule has 19 heavy (non-hydrogen) atoms. The fourth-order valence-corrected chi connectivity index (χ4v) is 1.97. The molecule has 1 rings (SSSR count). The van der Waals surface area contributed by atoms with Gasteiger partial charge in [0, 0.05) is 39.6 Å². The molecule has 1 heterocycles. The zero-order chi connectivity index (χ0) is 13.5. The Kier molecular flexibility index (Phi) is 9.16. The number of hydrogen-bond acceptors (Lipinski definition) is 1. The van der Waals surface area contributed by atoms with Gasteiger partial charge in [0.25, 0.3) is 0 Å². The molecule has 0 aliphatic rings. The number of aliphatic imine (C=N–C) groups is 1. The summed E-state index contributed by atoms with van der Waals surface area (Å²) in [6.07, 6.45) is 2.35. The third-order valence-electron chi connectivity index (χ3n) is 2.64. The van der Waals surface area contributed by atoms with Crippen LogP contribution >= 0.6 is 35.6 Å². The molecule has 0 radical (unpaired) electrons. The highest BCUT2D eigenvalue weighted by molar-refractivity contribution is 14.0. The van der Waals surface area contributed by atoms with Gasteiger partial charge in [0.15, 0.2) is 5.96 Å². The first kappa shape index (κ1) is 18.5. The number of guanidine groups is 1. The lowest BCUT2D eigenvalue weighted by Gasteiger charge is -2.22. The second-order valence-corrected chi connectivity index (χ2v) is 4.57. The molecule has 0 bridgehead atoms. The van der Waals surface area contributed by atoms with Crippen LogP contribution in [0.3, 0.4) is 0 Å². The average Bonchev–Trinajstić information content (AvgIpc) is 2.63. The quantitative estimate of drug-likeness (QED) is 0.355. The van der Waals surface area contributed by atoms with Gasteiger partial charge >= 0.3 is 0 Å². The Morgan fingerprint density at radius 2 is 2.26 bits per heavy atom. The zero-order valence-electron chi connectivity index (χ0n) is 11.5. The molecule has 1 N–H and O–H groups in total. The molecule has 1 aromatic rings. The third-order valence-corrected chi connectivity index (χ3v) is 2.85. The summed E-state index contributed by atoms with van der Waals surface area (Å²) in [7, 11) is 5.60. The van der Waals surface area contributed by atoms with Crippen molar-refractivity contribution >= 4 is 41.5 Å². The van der Waals surface area contributed by atoms with Crippen molar-refractivity contribution in [2.24, 2.45) is 12.0 Å². The summed E-state index contributed by atoms with van der Waals surface area (Å²) in [5.41, 5.74) is 1.09. The minimum atomic E-state index is -0.318. The summed E-state index contributed by atoms with van der Waals surface area (Å²) in [6, 6.07) is 1.92. The topological polar surface area (TPSA) is 32.6 Å². The molecule has 0 saturated heterocycles. The standard InChI is InChI=1S/C12H20ClFN4.HI/c1-15-12(16-6-4-5-14)18(3)9-11-7-10(13)8-17(11)2;/h7-8H,4-6,9H2,1-3H3,(H,15,16);1H. The number of rotatable bonds is 5. The molecule has 0 unspecified atom stereocenters. The van der Waals surface area contributed by atoms with Gasteiger partial charge in [0.1, 0.15) is 0 Å². The molecule has 0 saturated carbocycles. The zero-order valence-corrected chi connectivity index (χ0v) is 14.6. The van der Waals surface area contributed by atoms with E-state index >= 15 is 0 Å². The van der Waals surface area contributed by atoms with Gasteiger partial charge in [-0.2, -0.15) is 0 Å². The maximum Gasteiger partial charge on any atom is 0.193 e. The number of nitrogens with zero attached hydrogens (tertiary/aromatic N) is 3. The van der Waals surface area contributed by atoms with Gasteiger partial charge in [-0.3, -0.25) is 9.38 Å². The predicted molar refractivity (Wildman–Crippen MR) is 89.3 cm³/mol. The van der Waals surface area contributed by atoms with E-state index in [2.05, 4.69) is 10.3 Å². The number of aromatic nitrogens is 1. The van der Waals surface area contributed by atoms with Crippen LogP contribution in [0.15, 0.2) is 17.3 Å². The number of halogens is 3. The molecule has 0 atom stereocenters. The summed E-state index contributed by atoms with van der Waals surface area (Å²) in [4.78, 5) is 6.14. The fourth-order valence-electron chi connectivity index (χ4n) is 1.69. The maximum absolute atomic E-state index is 12.0. The van der Waals surface area contributed by atoms with E-state index in [9.17, 15) is 4.39 Å². The van der Waals surface area contributed by atoms with E-state index in [1.54, 1.807) is 7.05 Å². The number of aryl methyl sites for hydroxylation is 1. The first-order valence-corrected chi connectivity index (χ1v) is 6.24. The van der Waals surface area contributed by atoms with Gasteiger partial charge in [0.2, 0.25) is 0 Å². The van der Waals surface area contributed by atoms with Gasteiger partial charge in [0.05, 0.1) is 18.2 Å². The Bertz CT molecular complexity index is 408. The Balaban J connectivity index is 0.00000324. The van der Waals surface area contributed by atoms with E-state index in [1.165, 1.54) is 0 Å². The van der Waals surface area contributed by atoms with Crippen molar-refractivity contribution in [3.05, 3.63) is 23.0 Å². The van der Waals surface area contributed by atoms with Crippen LogP contribution < -0.4 is 5.32 Å². The summed E-state index contributed by atoms with van der Waals surface area (Å²) >= 11 is 5.94. The van der Waals surface area contributed by atoms with Crippen molar-refractivity contribution < 1.29 is 4.39 Å². The maximum atomic E-state index is 12.0. The molecule has 0 aliphatic heterocycles. The smallest absolute Gasteiger partial charge is 0.193 e. The van der Waals surface area contributed by atoms with E-state index in [1.807, 2.05) is 35.8 Å². The lowest BCUT2D eigenvalue weighted by Crippen LogP contribution is -2.39. The van der Waals surface area contributed by atoms with Crippen molar-refractivity contribution in [2.75, 3.05) is 27.3 Å². The number of nitrogens with one attached hydrogen (secondary N) is 1. The highest BCUT2D eigenvalue weighted by Crippen LogP contribution is 2.14. The Labute approximate surface area is 136 Å². The molecule has 0 amide bonds. The van der Waals surface area contributed by atoms with Crippen LogP contribution in [0, 0.1) is 0 Å². The van der Waals surface area contributed by atoms with Crippen LogP contribution in [-0.2, 0) is 13.6 Å². The molecule has 0 aliphatic carbocycles. The van der Waals surface area contributed by atoms with E-state index in [0.29, 0.717) is 19.5 Å². The van der Waals surface area contributed by atoms with Crippen LogP contribution in [0.4, 0.5) is 4.39 Å². The monoisotopic (exact) mass is 402 g/mol. The van der Waals surface area contributed by atoms with Crippen molar-refractivity contribution in [3.8, 4) is 0 Å². The van der Waals surface area contributed by atoms with Crippen LogP contribution in [0.25, 0.3) is 0 Å².